The van der Waals surface area contributed by atoms with E-state index in [-0.39, 0.29) is 11.7 Å². The lowest BCUT2D eigenvalue weighted by atomic mass is 10.2. The van der Waals surface area contributed by atoms with Gasteiger partial charge in [0.1, 0.15) is 11.5 Å². The third kappa shape index (κ3) is 2.82. The lowest BCUT2D eigenvalue weighted by Crippen LogP contribution is -2.15. The van der Waals surface area contributed by atoms with Gasteiger partial charge in [0, 0.05) is 24.2 Å². The van der Waals surface area contributed by atoms with Crippen molar-refractivity contribution in [3.8, 4) is 11.3 Å². The summed E-state index contributed by atoms with van der Waals surface area (Å²) in [5.74, 6) is -0.561. The summed E-state index contributed by atoms with van der Waals surface area (Å²) >= 11 is 1.31. The van der Waals surface area contributed by atoms with Gasteiger partial charge in [-0.2, -0.15) is 5.10 Å². The molecule has 0 radical (unpaired) electrons. The number of benzene rings is 1. The molecule has 1 aromatic carbocycles. The van der Waals surface area contributed by atoms with Gasteiger partial charge in [0.05, 0.1) is 5.69 Å². The first kappa shape index (κ1) is 13.4. The quantitative estimate of drug-likeness (QED) is 0.809. The fourth-order valence-electron chi connectivity index (χ4n) is 1.84. The van der Waals surface area contributed by atoms with E-state index in [0.29, 0.717) is 16.5 Å². The zero-order valence-electron chi connectivity index (χ0n) is 11.1. The van der Waals surface area contributed by atoms with Crippen LogP contribution in [0.4, 0.5) is 9.52 Å². The number of aryl methyl sites for hydroxylation is 1. The molecule has 0 aliphatic carbocycles. The Morgan fingerprint density at radius 1 is 1.29 bits per heavy atom. The van der Waals surface area contributed by atoms with E-state index in [1.54, 1.807) is 31.4 Å². The summed E-state index contributed by atoms with van der Waals surface area (Å²) in [4.78, 5) is 16.4. The number of rotatable bonds is 3. The van der Waals surface area contributed by atoms with Crippen LogP contribution in [0.15, 0.2) is 41.9 Å². The molecule has 0 unspecified atom stereocenters. The molecule has 5 nitrogen and oxygen atoms in total. The second-order valence-electron chi connectivity index (χ2n) is 4.34. The van der Waals surface area contributed by atoms with Gasteiger partial charge in [-0.15, -0.1) is 11.3 Å². The highest BCUT2D eigenvalue weighted by Gasteiger charge is 2.12. The Hall–Kier alpha value is -2.54. The number of halogens is 1. The van der Waals surface area contributed by atoms with Gasteiger partial charge in [-0.25, -0.2) is 9.37 Å². The SMILES string of the molecule is Cn1nccc1C(=O)Nc1nc(-c2ccc(F)cc2)cs1. The maximum Gasteiger partial charge on any atom is 0.275 e. The maximum absolute atomic E-state index is 12.9. The van der Waals surface area contributed by atoms with Crippen LogP contribution in [0.1, 0.15) is 10.5 Å². The number of nitrogens with zero attached hydrogens (tertiary/aromatic N) is 3. The van der Waals surface area contributed by atoms with Crippen molar-refractivity contribution in [3.63, 3.8) is 0 Å². The third-order valence-corrected chi connectivity index (χ3v) is 3.68. The number of aromatic nitrogens is 3. The van der Waals surface area contributed by atoms with Crippen LogP contribution in [0.25, 0.3) is 11.3 Å². The van der Waals surface area contributed by atoms with Crippen molar-refractivity contribution in [2.45, 2.75) is 0 Å². The molecule has 0 saturated heterocycles. The van der Waals surface area contributed by atoms with Crippen LogP contribution in [-0.2, 0) is 7.05 Å². The molecule has 1 amide bonds. The van der Waals surface area contributed by atoms with Crippen LogP contribution < -0.4 is 5.32 Å². The Balaban J connectivity index is 1.78. The first-order valence-corrected chi connectivity index (χ1v) is 7.02. The number of thiazole rings is 1. The first-order chi connectivity index (χ1) is 10.1. The molecule has 7 heteroatoms. The Kier molecular flexibility index (Phi) is 3.49. The summed E-state index contributed by atoms with van der Waals surface area (Å²) in [6, 6.07) is 7.68. The monoisotopic (exact) mass is 302 g/mol. The second kappa shape index (κ2) is 5.45. The number of anilines is 1. The topological polar surface area (TPSA) is 59.8 Å². The van der Waals surface area contributed by atoms with Gasteiger partial charge in [-0.1, -0.05) is 0 Å². The molecule has 0 bridgehead atoms. The number of hydrogen-bond acceptors (Lipinski definition) is 4. The Bertz CT molecular complexity index is 778. The molecule has 0 aliphatic heterocycles. The number of hydrogen-bond donors (Lipinski definition) is 1. The van der Waals surface area contributed by atoms with Crippen molar-refractivity contribution in [1.29, 1.82) is 0 Å². The molecular formula is C14H11FN4OS. The number of nitrogens with one attached hydrogen (secondary N) is 1. The van der Waals surface area contributed by atoms with Crippen molar-refractivity contribution in [2.75, 3.05) is 5.32 Å². The molecule has 0 atom stereocenters. The molecule has 0 aliphatic rings. The molecule has 106 valence electrons. The highest BCUT2D eigenvalue weighted by atomic mass is 32.1. The molecule has 2 aromatic heterocycles. The van der Waals surface area contributed by atoms with E-state index >= 15 is 0 Å². The smallest absolute Gasteiger partial charge is 0.275 e. The summed E-state index contributed by atoms with van der Waals surface area (Å²) < 4.78 is 14.4. The molecule has 1 N–H and O–H groups in total. The van der Waals surface area contributed by atoms with Crippen LogP contribution in [0, 0.1) is 5.82 Å². The lowest BCUT2D eigenvalue weighted by Gasteiger charge is -2.01. The Morgan fingerprint density at radius 3 is 2.71 bits per heavy atom. The van der Waals surface area contributed by atoms with Gasteiger partial charge in [-0.05, 0) is 30.3 Å². The van der Waals surface area contributed by atoms with E-state index in [1.165, 1.54) is 28.2 Å². The van der Waals surface area contributed by atoms with Crippen LogP contribution >= 0.6 is 11.3 Å². The van der Waals surface area contributed by atoms with Crippen molar-refractivity contribution in [3.05, 3.63) is 53.4 Å². The largest absolute Gasteiger partial charge is 0.296 e. The van der Waals surface area contributed by atoms with Crippen molar-refractivity contribution >= 4 is 22.4 Å². The predicted molar refractivity (Wildman–Crippen MR) is 78.7 cm³/mol. The first-order valence-electron chi connectivity index (χ1n) is 6.14. The van der Waals surface area contributed by atoms with E-state index < -0.39 is 0 Å². The minimum Gasteiger partial charge on any atom is -0.296 e. The molecule has 0 fully saturated rings. The summed E-state index contributed by atoms with van der Waals surface area (Å²) in [5, 5.41) is 8.96. The fraction of sp³-hybridized carbons (Fsp3) is 0.0714. The predicted octanol–water partition coefficient (Wildman–Crippen LogP) is 2.94. The van der Waals surface area contributed by atoms with Gasteiger partial charge < -0.3 is 0 Å². The second-order valence-corrected chi connectivity index (χ2v) is 5.20. The van der Waals surface area contributed by atoms with Gasteiger partial charge in [0.25, 0.3) is 5.91 Å². The minimum absolute atomic E-state index is 0.269. The van der Waals surface area contributed by atoms with E-state index in [4.69, 9.17) is 0 Å². The summed E-state index contributed by atoms with van der Waals surface area (Å²) in [7, 11) is 1.70. The van der Waals surface area contributed by atoms with Crippen molar-refractivity contribution < 1.29 is 9.18 Å². The average Bonchev–Trinajstić information content (AvgIpc) is 3.09. The normalized spacial score (nSPS) is 10.6. The molecule has 21 heavy (non-hydrogen) atoms. The summed E-state index contributed by atoms with van der Waals surface area (Å²) in [6.45, 7) is 0. The Labute approximate surface area is 124 Å². The van der Waals surface area contributed by atoms with Gasteiger partial charge >= 0.3 is 0 Å². The average molecular weight is 302 g/mol. The molecule has 3 rings (SSSR count). The highest BCUT2D eigenvalue weighted by molar-refractivity contribution is 7.14. The van der Waals surface area contributed by atoms with Crippen molar-refractivity contribution in [1.82, 2.24) is 14.8 Å². The lowest BCUT2D eigenvalue weighted by molar-refractivity contribution is 0.101. The minimum atomic E-state index is -0.293. The van der Waals surface area contributed by atoms with Gasteiger partial charge in [0.15, 0.2) is 5.13 Å². The number of carbonyl (C=O) groups excluding carboxylic acids is 1. The summed E-state index contributed by atoms with van der Waals surface area (Å²) in [6.07, 6.45) is 1.56. The van der Waals surface area contributed by atoms with Crippen LogP contribution in [-0.4, -0.2) is 20.7 Å². The molecule has 0 spiro atoms. The van der Waals surface area contributed by atoms with Gasteiger partial charge in [-0.3, -0.25) is 14.8 Å². The van der Waals surface area contributed by atoms with E-state index in [1.807, 2.05) is 5.38 Å². The molecule has 3 aromatic rings. The Morgan fingerprint density at radius 2 is 2.05 bits per heavy atom. The molecule has 0 saturated carbocycles. The van der Waals surface area contributed by atoms with Crippen LogP contribution in [0.3, 0.4) is 0 Å². The van der Waals surface area contributed by atoms with E-state index in [2.05, 4.69) is 15.4 Å². The van der Waals surface area contributed by atoms with Crippen LogP contribution in [0.2, 0.25) is 0 Å². The number of carbonyl (C=O) groups is 1. The third-order valence-electron chi connectivity index (χ3n) is 2.92. The maximum atomic E-state index is 12.9. The highest BCUT2D eigenvalue weighted by Crippen LogP contribution is 2.25. The van der Waals surface area contributed by atoms with E-state index in [9.17, 15) is 9.18 Å². The molecular weight excluding hydrogens is 291 g/mol. The van der Waals surface area contributed by atoms with Crippen molar-refractivity contribution in [2.24, 2.45) is 7.05 Å². The zero-order valence-corrected chi connectivity index (χ0v) is 11.9. The standard InChI is InChI=1S/C14H11FN4OS/c1-19-12(6-7-16-19)13(20)18-14-17-11(8-21-14)9-2-4-10(15)5-3-9/h2-8H,1H3,(H,17,18,20). The van der Waals surface area contributed by atoms with Gasteiger partial charge in [0.2, 0.25) is 0 Å². The number of amides is 1. The summed E-state index contributed by atoms with van der Waals surface area (Å²) in [5.41, 5.74) is 1.95. The zero-order chi connectivity index (χ0) is 14.8. The molecule has 2 heterocycles. The fourth-order valence-corrected chi connectivity index (χ4v) is 2.56. The van der Waals surface area contributed by atoms with Crippen LogP contribution in [0.5, 0.6) is 0 Å². The van der Waals surface area contributed by atoms with E-state index in [0.717, 1.165) is 5.56 Å².